The molecule has 0 amide bonds. The summed E-state index contributed by atoms with van der Waals surface area (Å²) in [5, 5.41) is 0.289. The largest absolute Gasteiger partial charge is 0.410 e. The van der Waals surface area contributed by atoms with Gasteiger partial charge in [-0.1, -0.05) is 32.9 Å². The van der Waals surface area contributed by atoms with Gasteiger partial charge < -0.3 is 4.43 Å². The van der Waals surface area contributed by atoms with Crippen LogP contribution in [0.25, 0.3) is 0 Å². The first-order chi connectivity index (χ1) is 8.22. The van der Waals surface area contributed by atoms with Crippen LogP contribution in [0.4, 0.5) is 0 Å². The molecule has 1 aromatic rings. The number of hydrogen-bond acceptors (Lipinski definition) is 1. The molecular formula is C15H23IOSi. The average Bonchev–Trinajstić information content (AvgIpc) is 2.61. The van der Waals surface area contributed by atoms with E-state index in [4.69, 9.17) is 4.43 Å². The Labute approximate surface area is 126 Å². The van der Waals surface area contributed by atoms with Crippen LogP contribution in [0, 0.1) is 3.57 Å². The zero-order valence-electron chi connectivity index (χ0n) is 12.0. The fraction of sp³-hybridized carbons (Fsp3) is 0.600. The van der Waals surface area contributed by atoms with Crippen molar-refractivity contribution in [2.24, 2.45) is 0 Å². The summed E-state index contributed by atoms with van der Waals surface area (Å²) in [6.45, 7) is 11.6. The minimum Gasteiger partial charge on any atom is -0.410 e. The maximum atomic E-state index is 6.58. The highest BCUT2D eigenvalue weighted by Gasteiger charge is 2.40. The third kappa shape index (κ3) is 2.68. The van der Waals surface area contributed by atoms with E-state index in [1.807, 2.05) is 0 Å². The molecule has 0 aliphatic heterocycles. The molecule has 18 heavy (non-hydrogen) atoms. The highest BCUT2D eigenvalue weighted by molar-refractivity contribution is 14.1. The van der Waals surface area contributed by atoms with Crippen LogP contribution in [0.5, 0.6) is 0 Å². The molecule has 3 heteroatoms. The molecule has 0 aromatic heterocycles. The standard InChI is InChI=1S/C15H23IOSi/c1-15(2,3)18(4,5)17-14-10-9-11-12(14)7-6-8-13(11)16/h6-8,14H,9-10H2,1-5H3. The second-order valence-corrected chi connectivity index (χ2v) is 12.6. The second kappa shape index (κ2) is 4.91. The lowest BCUT2D eigenvalue weighted by Crippen LogP contribution is -2.41. The van der Waals surface area contributed by atoms with Gasteiger partial charge in [-0.3, -0.25) is 0 Å². The van der Waals surface area contributed by atoms with E-state index in [1.54, 1.807) is 0 Å². The maximum absolute atomic E-state index is 6.58. The van der Waals surface area contributed by atoms with Gasteiger partial charge in [0.05, 0.1) is 6.10 Å². The topological polar surface area (TPSA) is 9.23 Å². The summed E-state index contributed by atoms with van der Waals surface area (Å²) in [7, 11) is -1.66. The summed E-state index contributed by atoms with van der Waals surface area (Å²) in [5.74, 6) is 0. The van der Waals surface area contributed by atoms with Crippen molar-refractivity contribution in [1.29, 1.82) is 0 Å². The molecular weight excluding hydrogens is 351 g/mol. The van der Waals surface area contributed by atoms with Crippen molar-refractivity contribution in [1.82, 2.24) is 0 Å². The van der Waals surface area contributed by atoms with Gasteiger partial charge >= 0.3 is 0 Å². The van der Waals surface area contributed by atoms with Crippen LogP contribution in [-0.4, -0.2) is 8.32 Å². The van der Waals surface area contributed by atoms with E-state index in [2.05, 4.69) is 74.7 Å². The van der Waals surface area contributed by atoms with Gasteiger partial charge in [0.15, 0.2) is 8.32 Å². The Kier molecular flexibility index (Phi) is 3.96. The molecule has 0 spiro atoms. The van der Waals surface area contributed by atoms with Crippen molar-refractivity contribution in [2.45, 2.75) is 57.8 Å². The SMILES string of the molecule is CC(C)(C)[Si](C)(C)OC1CCc2c(I)cccc21. The highest BCUT2D eigenvalue weighted by atomic mass is 127. The Morgan fingerprint density at radius 2 is 1.94 bits per heavy atom. The zero-order chi connectivity index (χ0) is 13.6. The van der Waals surface area contributed by atoms with Crippen LogP contribution in [0.1, 0.15) is 44.4 Å². The summed E-state index contributed by atoms with van der Waals surface area (Å²) in [5.41, 5.74) is 2.95. The van der Waals surface area contributed by atoms with Gasteiger partial charge in [0, 0.05) is 3.57 Å². The molecule has 0 saturated heterocycles. The molecule has 1 atom stereocenters. The van der Waals surface area contributed by atoms with E-state index in [0.717, 1.165) is 6.42 Å². The van der Waals surface area contributed by atoms with Gasteiger partial charge in [0.25, 0.3) is 0 Å². The number of hydrogen-bond donors (Lipinski definition) is 0. The minimum atomic E-state index is -1.66. The molecule has 0 bridgehead atoms. The fourth-order valence-corrected chi connectivity index (χ4v) is 4.32. The summed E-state index contributed by atoms with van der Waals surface area (Å²) in [6, 6.07) is 6.62. The van der Waals surface area contributed by atoms with Crippen LogP contribution < -0.4 is 0 Å². The first kappa shape index (κ1) is 14.5. The number of rotatable bonds is 2. The minimum absolute atomic E-state index is 0.289. The molecule has 0 N–H and O–H groups in total. The number of benzene rings is 1. The van der Waals surface area contributed by atoms with Crippen LogP contribution in [-0.2, 0) is 10.8 Å². The predicted molar refractivity (Wildman–Crippen MR) is 88.5 cm³/mol. The van der Waals surface area contributed by atoms with Crippen molar-refractivity contribution in [3.05, 3.63) is 32.9 Å². The maximum Gasteiger partial charge on any atom is 0.192 e. The van der Waals surface area contributed by atoms with Crippen LogP contribution in [0.3, 0.4) is 0 Å². The Hall–Kier alpha value is 0.127. The smallest absolute Gasteiger partial charge is 0.192 e. The molecule has 1 nitrogen and oxygen atoms in total. The van der Waals surface area contributed by atoms with E-state index < -0.39 is 8.32 Å². The van der Waals surface area contributed by atoms with Gasteiger partial charge in [0.2, 0.25) is 0 Å². The predicted octanol–water partition coefficient (Wildman–Crippen LogP) is 5.30. The number of fused-ring (bicyclic) bond motifs is 1. The van der Waals surface area contributed by atoms with E-state index in [-0.39, 0.29) is 5.04 Å². The molecule has 0 heterocycles. The normalized spacial score (nSPS) is 20.0. The molecule has 100 valence electrons. The average molecular weight is 374 g/mol. The van der Waals surface area contributed by atoms with Crippen molar-refractivity contribution >= 4 is 30.9 Å². The molecule has 0 radical (unpaired) electrons. The van der Waals surface area contributed by atoms with Crippen LogP contribution in [0.2, 0.25) is 18.1 Å². The third-order valence-corrected chi connectivity index (χ3v) is 9.90. The Morgan fingerprint density at radius 3 is 2.56 bits per heavy atom. The summed E-state index contributed by atoms with van der Waals surface area (Å²) < 4.78 is 7.98. The van der Waals surface area contributed by atoms with Crippen molar-refractivity contribution in [2.75, 3.05) is 0 Å². The quantitative estimate of drug-likeness (QED) is 0.504. The first-order valence-corrected chi connectivity index (χ1v) is 10.7. The molecule has 1 aromatic carbocycles. The van der Waals surface area contributed by atoms with E-state index in [9.17, 15) is 0 Å². The van der Waals surface area contributed by atoms with E-state index in [1.165, 1.54) is 21.1 Å². The van der Waals surface area contributed by atoms with Crippen molar-refractivity contribution in [3.8, 4) is 0 Å². The lowest BCUT2D eigenvalue weighted by atomic mass is 10.1. The molecule has 0 fully saturated rings. The molecule has 2 rings (SSSR count). The van der Waals surface area contributed by atoms with Crippen molar-refractivity contribution in [3.63, 3.8) is 0 Å². The molecule has 1 unspecified atom stereocenters. The Bertz CT molecular complexity index is 448. The van der Waals surface area contributed by atoms with Gasteiger partial charge in [-0.2, -0.15) is 0 Å². The molecule has 1 aliphatic rings. The van der Waals surface area contributed by atoms with Gasteiger partial charge in [0.1, 0.15) is 0 Å². The number of halogens is 1. The Morgan fingerprint density at radius 1 is 1.28 bits per heavy atom. The summed E-state index contributed by atoms with van der Waals surface area (Å²) in [4.78, 5) is 0. The zero-order valence-corrected chi connectivity index (χ0v) is 15.2. The molecule has 0 saturated carbocycles. The highest BCUT2D eigenvalue weighted by Crippen LogP contribution is 2.44. The van der Waals surface area contributed by atoms with Crippen LogP contribution in [0.15, 0.2) is 18.2 Å². The monoisotopic (exact) mass is 374 g/mol. The first-order valence-electron chi connectivity index (χ1n) is 6.67. The van der Waals surface area contributed by atoms with E-state index in [0.29, 0.717) is 6.10 Å². The van der Waals surface area contributed by atoms with E-state index >= 15 is 0 Å². The fourth-order valence-electron chi connectivity index (χ4n) is 2.23. The van der Waals surface area contributed by atoms with Gasteiger partial charge in [-0.15, -0.1) is 0 Å². The third-order valence-electron chi connectivity index (χ3n) is 4.40. The summed E-state index contributed by atoms with van der Waals surface area (Å²) in [6.07, 6.45) is 2.66. The van der Waals surface area contributed by atoms with Gasteiger partial charge in [-0.05, 0) is 70.8 Å². The summed E-state index contributed by atoms with van der Waals surface area (Å²) >= 11 is 2.45. The lowest BCUT2D eigenvalue weighted by Gasteiger charge is -2.38. The lowest BCUT2D eigenvalue weighted by molar-refractivity contribution is 0.185. The molecule has 1 aliphatic carbocycles. The Balaban J connectivity index is 2.23. The van der Waals surface area contributed by atoms with Crippen LogP contribution >= 0.6 is 22.6 Å². The second-order valence-electron chi connectivity index (χ2n) is 6.71. The van der Waals surface area contributed by atoms with Crippen molar-refractivity contribution < 1.29 is 4.43 Å². The van der Waals surface area contributed by atoms with Gasteiger partial charge in [-0.25, -0.2) is 0 Å².